The molecule has 0 amide bonds. The van der Waals surface area contributed by atoms with Crippen molar-refractivity contribution in [2.45, 2.75) is 98.4 Å². The summed E-state index contributed by atoms with van der Waals surface area (Å²) in [6.07, 6.45) is 0.353. The van der Waals surface area contributed by atoms with Gasteiger partial charge in [0.25, 0.3) is 0 Å². The fourth-order valence-electron chi connectivity index (χ4n) is 4.24. The first-order chi connectivity index (χ1) is 16.2. The molecule has 0 saturated heterocycles. The third-order valence-corrected chi connectivity index (χ3v) is 7.27. The largest absolute Gasteiger partial charge is 0.491 e. The summed E-state index contributed by atoms with van der Waals surface area (Å²) >= 11 is 0. The van der Waals surface area contributed by atoms with E-state index in [0.717, 1.165) is 29.7 Å². The molecule has 3 N–H and O–H groups in total. The number of aryl methyl sites for hydroxylation is 2. The normalized spacial score (nSPS) is 14.5. The Kier molecular flexibility index (Phi) is 9.43. The van der Waals surface area contributed by atoms with Crippen molar-refractivity contribution in [3.63, 3.8) is 0 Å². The first-order valence-corrected chi connectivity index (χ1v) is 12.7. The Morgan fingerprint density at radius 1 is 0.714 bits per heavy atom. The van der Waals surface area contributed by atoms with Gasteiger partial charge in [-0.25, -0.2) is 0 Å². The van der Waals surface area contributed by atoms with Crippen LogP contribution in [0.1, 0.15) is 83.6 Å². The van der Waals surface area contributed by atoms with E-state index in [-0.39, 0.29) is 24.0 Å². The molecule has 0 spiro atoms. The van der Waals surface area contributed by atoms with Crippen molar-refractivity contribution in [1.82, 2.24) is 0 Å². The molecule has 0 bridgehead atoms. The van der Waals surface area contributed by atoms with Gasteiger partial charge in [0.1, 0.15) is 30.8 Å². The average molecular weight is 487 g/mol. The topological polar surface area (TPSA) is 79.2 Å². The van der Waals surface area contributed by atoms with Crippen LogP contribution < -0.4 is 9.47 Å². The van der Waals surface area contributed by atoms with Gasteiger partial charge in [0.15, 0.2) is 0 Å². The Balaban J connectivity index is 2.30. The van der Waals surface area contributed by atoms with Crippen LogP contribution in [0.4, 0.5) is 0 Å². The summed E-state index contributed by atoms with van der Waals surface area (Å²) < 4.78 is 11.8. The van der Waals surface area contributed by atoms with Crippen LogP contribution >= 0.6 is 0 Å². The van der Waals surface area contributed by atoms with Crippen molar-refractivity contribution < 1.29 is 24.8 Å². The number of hydrogen-bond acceptors (Lipinski definition) is 5. The third-order valence-electron chi connectivity index (χ3n) is 7.27. The van der Waals surface area contributed by atoms with E-state index in [1.54, 1.807) is 13.8 Å². The number of hydrogen-bond donors (Lipinski definition) is 3. The molecule has 2 atom stereocenters. The lowest BCUT2D eigenvalue weighted by Crippen LogP contribution is -2.40. The predicted octanol–water partition coefficient (Wildman–Crippen LogP) is 5.71. The first kappa shape index (κ1) is 29.2. The molecule has 2 rings (SSSR count). The third kappa shape index (κ3) is 6.99. The second kappa shape index (κ2) is 11.3. The first-order valence-electron chi connectivity index (χ1n) is 12.7. The highest BCUT2D eigenvalue weighted by atomic mass is 16.5. The minimum atomic E-state index is -1.22. The van der Waals surface area contributed by atoms with Gasteiger partial charge in [0.2, 0.25) is 0 Å². The molecule has 2 aromatic rings. The summed E-state index contributed by atoms with van der Waals surface area (Å²) in [5.41, 5.74) is 2.88. The van der Waals surface area contributed by atoms with Gasteiger partial charge in [-0.1, -0.05) is 58.9 Å². The van der Waals surface area contributed by atoms with E-state index in [4.69, 9.17) is 9.47 Å². The molecule has 0 fully saturated rings. The second-order valence-corrected chi connectivity index (χ2v) is 11.4. The maximum absolute atomic E-state index is 10.3. The molecular formula is C30H46O5. The number of aliphatic hydroxyl groups excluding tert-OH is 2. The van der Waals surface area contributed by atoms with Gasteiger partial charge in [0, 0.05) is 5.41 Å². The van der Waals surface area contributed by atoms with Gasteiger partial charge in [0.05, 0.1) is 11.7 Å². The molecule has 5 nitrogen and oxygen atoms in total. The Hall–Kier alpha value is -2.08. The number of rotatable bonds is 11. The van der Waals surface area contributed by atoms with Crippen molar-refractivity contribution in [2.75, 3.05) is 13.2 Å². The minimum Gasteiger partial charge on any atom is -0.491 e. The maximum atomic E-state index is 10.3. The molecule has 0 aliphatic rings. The minimum absolute atomic E-state index is 0.0287. The molecule has 35 heavy (non-hydrogen) atoms. The van der Waals surface area contributed by atoms with Crippen LogP contribution in [0.15, 0.2) is 36.4 Å². The summed E-state index contributed by atoms with van der Waals surface area (Å²) in [6.45, 7) is 17.9. The molecule has 2 aromatic carbocycles. The molecule has 196 valence electrons. The summed E-state index contributed by atoms with van der Waals surface area (Å²) in [7, 11) is 0. The summed E-state index contributed by atoms with van der Waals surface area (Å²) in [6, 6.07) is 12.6. The van der Waals surface area contributed by atoms with E-state index in [2.05, 4.69) is 45.0 Å². The Labute approximate surface area is 212 Å². The van der Waals surface area contributed by atoms with Crippen LogP contribution in [-0.4, -0.2) is 46.3 Å². The van der Waals surface area contributed by atoms with E-state index in [9.17, 15) is 15.3 Å². The van der Waals surface area contributed by atoms with Crippen LogP contribution in [0, 0.1) is 19.3 Å². The molecule has 0 unspecified atom stereocenters. The van der Waals surface area contributed by atoms with Crippen LogP contribution in [0.25, 0.3) is 0 Å². The fourth-order valence-corrected chi connectivity index (χ4v) is 4.24. The zero-order chi connectivity index (χ0) is 26.6. The van der Waals surface area contributed by atoms with Crippen LogP contribution in [0.3, 0.4) is 0 Å². The lowest BCUT2D eigenvalue weighted by atomic mass is 9.70. The molecule has 0 aliphatic carbocycles. The molecule has 0 radical (unpaired) electrons. The van der Waals surface area contributed by atoms with Gasteiger partial charge in [-0.05, 0) is 80.3 Å². The lowest BCUT2D eigenvalue weighted by molar-refractivity contribution is -0.0662. The highest BCUT2D eigenvalue weighted by Crippen LogP contribution is 2.41. The maximum Gasteiger partial charge on any atom is 0.122 e. The van der Waals surface area contributed by atoms with E-state index in [0.29, 0.717) is 5.75 Å². The summed E-state index contributed by atoms with van der Waals surface area (Å²) in [5.74, 6) is 1.50. The van der Waals surface area contributed by atoms with Gasteiger partial charge in [-0.2, -0.15) is 0 Å². The Morgan fingerprint density at radius 2 is 1.11 bits per heavy atom. The van der Waals surface area contributed by atoms with Crippen molar-refractivity contribution in [2.24, 2.45) is 5.41 Å². The van der Waals surface area contributed by atoms with E-state index >= 15 is 0 Å². The van der Waals surface area contributed by atoms with Crippen molar-refractivity contribution >= 4 is 0 Å². The van der Waals surface area contributed by atoms with E-state index in [1.807, 2.05) is 39.8 Å². The summed E-state index contributed by atoms with van der Waals surface area (Å²) in [5, 5.41) is 30.4. The summed E-state index contributed by atoms with van der Waals surface area (Å²) in [4.78, 5) is 0. The lowest BCUT2D eigenvalue weighted by Gasteiger charge is -2.34. The van der Waals surface area contributed by atoms with Gasteiger partial charge < -0.3 is 24.8 Å². The SMILES string of the molecule is CCC(CC)(c1ccc(OC[C@H](O)C(C)(C)C)c(C)c1)c1ccc(OC[C@H](O)C(C)(C)O)c(C)c1. The average Bonchev–Trinajstić information content (AvgIpc) is 2.77. The van der Waals surface area contributed by atoms with Gasteiger partial charge in [-0.15, -0.1) is 0 Å². The Bertz CT molecular complexity index is 888. The van der Waals surface area contributed by atoms with Crippen molar-refractivity contribution in [3.05, 3.63) is 58.7 Å². The predicted molar refractivity (Wildman–Crippen MR) is 142 cm³/mol. The second-order valence-electron chi connectivity index (χ2n) is 11.4. The molecular weight excluding hydrogens is 440 g/mol. The molecule has 0 aliphatic heterocycles. The molecule has 0 aromatic heterocycles. The van der Waals surface area contributed by atoms with Crippen LogP contribution in [0.5, 0.6) is 11.5 Å². The molecule has 0 heterocycles. The quantitative estimate of drug-likeness (QED) is 0.379. The van der Waals surface area contributed by atoms with Crippen molar-refractivity contribution in [1.29, 1.82) is 0 Å². The van der Waals surface area contributed by atoms with Crippen LogP contribution in [0.2, 0.25) is 0 Å². The van der Waals surface area contributed by atoms with Gasteiger partial charge >= 0.3 is 0 Å². The fraction of sp³-hybridized carbons (Fsp3) is 0.600. The highest BCUT2D eigenvalue weighted by Gasteiger charge is 2.32. The zero-order valence-electron chi connectivity index (χ0n) is 23.1. The van der Waals surface area contributed by atoms with Crippen molar-refractivity contribution in [3.8, 4) is 11.5 Å². The zero-order valence-corrected chi connectivity index (χ0v) is 23.1. The highest BCUT2D eigenvalue weighted by molar-refractivity contribution is 5.48. The Morgan fingerprint density at radius 3 is 1.43 bits per heavy atom. The standard InChI is InChI=1S/C30H46O5/c1-10-30(11-2,22-12-14-24(20(3)16-22)34-18-26(31)28(5,6)7)23-13-15-25(21(4)17-23)35-19-27(32)29(8,9)33/h12-17,26-27,31-33H,10-11,18-19H2,1-9H3/t26-,27-/m0/s1. The van der Waals surface area contributed by atoms with E-state index in [1.165, 1.54) is 11.1 Å². The number of aliphatic hydroxyl groups is 3. The van der Waals surface area contributed by atoms with Gasteiger partial charge in [-0.3, -0.25) is 0 Å². The van der Waals surface area contributed by atoms with E-state index < -0.39 is 17.8 Å². The van der Waals surface area contributed by atoms with Crippen LogP contribution in [-0.2, 0) is 5.41 Å². The monoisotopic (exact) mass is 486 g/mol. The number of ether oxygens (including phenoxy) is 2. The molecule has 0 saturated carbocycles. The molecule has 5 heteroatoms. The number of benzene rings is 2. The smallest absolute Gasteiger partial charge is 0.122 e.